The molecule has 0 radical (unpaired) electrons. The Hall–Kier alpha value is -3.65. The summed E-state index contributed by atoms with van der Waals surface area (Å²) in [4.78, 5) is 35.4. The number of ether oxygens (including phenoxy) is 1. The van der Waals surface area contributed by atoms with Crippen LogP contribution in [0.15, 0.2) is 54.2 Å². The van der Waals surface area contributed by atoms with Gasteiger partial charge in [-0.3, -0.25) is 14.4 Å². The third-order valence-corrected chi connectivity index (χ3v) is 4.20. The van der Waals surface area contributed by atoms with E-state index in [1.54, 1.807) is 18.2 Å². The molecule has 0 fully saturated rings. The number of hydrogen-bond acceptors (Lipinski definition) is 5. The van der Waals surface area contributed by atoms with Crippen LogP contribution in [0.5, 0.6) is 5.75 Å². The Morgan fingerprint density at radius 3 is 2.61 bits per heavy atom. The first-order valence-electron chi connectivity index (χ1n) is 9.31. The van der Waals surface area contributed by atoms with Crippen molar-refractivity contribution in [3.63, 3.8) is 0 Å². The molecule has 3 N–H and O–H groups in total. The van der Waals surface area contributed by atoms with Crippen LogP contribution in [-0.4, -0.2) is 37.1 Å². The SMILES string of the molecule is C=CCNC(=O)C(=O)N/N=C\c1cc(Cl)ccc1OCC(=O)Nc1ccc(C)cc1C. The Kier molecular flexibility index (Phi) is 8.78. The number of halogens is 1. The second-order valence-corrected chi connectivity index (χ2v) is 6.97. The first-order chi connectivity index (χ1) is 14.8. The number of anilines is 1. The summed E-state index contributed by atoms with van der Waals surface area (Å²) in [5, 5.41) is 9.26. The van der Waals surface area contributed by atoms with Gasteiger partial charge in [-0.25, -0.2) is 5.43 Å². The fraction of sp³-hybridized carbons (Fsp3) is 0.182. The Balaban J connectivity index is 1.99. The van der Waals surface area contributed by atoms with E-state index in [0.717, 1.165) is 11.1 Å². The van der Waals surface area contributed by atoms with E-state index in [9.17, 15) is 14.4 Å². The highest BCUT2D eigenvalue weighted by molar-refractivity contribution is 6.35. The molecule has 2 aromatic rings. The molecule has 0 bridgehead atoms. The van der Waals surface area contributed by atoms with Crippen molar-refractivity contribution in [2.75, 3.05) is 18.5 Å². The average Bonchev–Trinajstić information content (AvgIpc) is 2.73. The molecule has 162 valence electrons. The number of nitrogens with zero attached hydrogens (tertiary/aromatic N) is 1. The van der Waals surface area contributed by atoms with E-state index >= 15 is 0 Å². The molecule has 0 aliphatic carbocycles. The van der Waals surface area contributed by atoms with Crippen molar-refractivity contribution in [1.29, 1.82) is 0 Å². The monoisotopic (exact) mass is 442 g/mol. The molecule has 0 aliphatic rings. The highest BCUT2D eigenvalue weighted by atomic mass is 35.5. The van der Waals surface area contributed by atoms with Gasteiger partial charge in [-0.1, -0.05) is 35.4 Å². The minimum Gasteiger partial charge on any atom is -0.483 e. The highest BCUT2D eigenvalue weighted by Crippen LogP contribution is 2.22. The van der Waals surface area contributed by atoms with Crippen molar-refractivity contribution in [2.45, 2.75) is 13.8 Å². The maximum atomic E-state index is 12.3. The van der Waals surface area contributed by atoms with Gasteiger partial charge >= 0.3 is 11.8 Å². The van der Waals surface area contributed by atoms with Crippen LogP contribution >= 0.6 is 11.6 Å². The molecule has 2 rings (SSSR count). The van der Waals surface area contributed by atoms with Crippen LogP contribution in [0, 0.1) is 13.8 Å². The largest absolute Gasteiger partial charge is 0.483 e. The number of carbonyl (C=O) groups excluding carboxylic acids is 3. The summed E-state index contributed by atoms with van der Waals surface area (Å²) in [5.74, 6) is -1.79. The molecule has 9 heteroatoms. The summed E-state index contributed by atoms with van der Waals surface area (Å²) >= 11 is 6.01. The Labute approximate surface area is 185 Å². The fourth-order valence-electron chi connectivity index (χ4n) is 2.49. The summed E-state index contributed by atoms with van der Waals surface area (Å²) in [7, 11) is 0. The molecule has 3 amide bonds. The minimum atomic E-state index is -0.935. The number of rotatable bonds is 8. The van der Waals surface area contributed by atoms with Gasteiger partial charge < -0.3 is 15.4 Å². The Morgan fingerprint density at radius 1 is 1.13 bits per heavy atom. The lowest BCUT2D eigenvalue weighted by Crippen LogP contribution is -2.37. The maximum Gasteiger partial charge on any atom is 0.329 e. The smallest absolute Gasteiger partial charge is 0.329 e. The molecule has 0 aromatic heterocycles. The third-order valence-electron chi connectivity index (χ3n) is 3.97. The van der Waals surface area contributed by atoms with Crippen molar-refractivity contribution in [1.82, 2.24) is 10.7 Å². The molecule has 0 unspecified atom stereocenters. The molecule has 31 heavy (non-hydrogen) atoms. The number of benzene rings is 2. The fourth-order valence-corrected chi connectivity index (χ4v) is 2.67. The van der Waals surface area contributed by atoms with E-state index in [4.69, 9.17) is 16.3 Å². The predicted octanol–water partition coefficient (Wildman–Crippen LogP) is 2.73. The van der Waals surface area contributed by atoms with E-state index in [1.807, 2.05) is 32.0 Å². The summed E-state index contributed by atoms with van der Waals surface area (Å²) in [5.41, 5.74) is 5.26. The van der Waals surface area contributed by atoms with Crippen molar-refractivity contribution in [3.8, 4) is 5.75 Å². The maximum absolute atomic E-state index is 12.3. The standard InChI is InChI=1S/C22H23ClN4O4/c1-4-9-24-21(29)22(30)27-25-12-16-11-17(23)6-8-19(16)31-13-20(28)26-18-7-5-14(2)10-15(18)3/h4-8,10-12H,1,9,13H2,2-3H3,(H,24,29)(H,26,28)(H,27,30)/b25-12-. The second kappa shape index (κ2) is 11.5. The van der Waals surface area contributed by atoms with Gasteiger partial charge in [0.25, 0.3) is 5.91 Å². The lowest BCUT2D eigenvalue weighted by molar-refractivity contribution is -0.139. The van der Waals surface area contributed by atoms with Crippen LogP contribution in [-0.2, 0) is 14.4 Å². The molecular weight excluding hydrogens is 420 g/mol. The van der Waals surface area contributed by atoms with Crippen LogP contribution in [0.2, 0.25) is 5.02 Å². The van der Waals surface area contributed by atoms with Crippen LogP contribution in [0.1, 0.15) is 16.7 Å². The van der Waals surface area contributed by atoms with E-state index in [2.05, 4.69) is 27.7 Å². The van der Waals surface area contributed by atoms with Crippen LogP contribution in [0.3, 0.4) is 0 Å². The molecule has 0 spiro atoms. The van der Waals surface area contributed by atoms with Gasteiger partial charge in [-0.2, -0.15) is 5.10 Å². The molecule has 2 aromatic carbocycles. The summed E-state index contributed by atoms with van der Waals surface area (Å²) < 4.78 is 5.58. The summed E-state index contributed by atoms with van der Waals surface area (Å²) in [6.07, 6.45) is 2.71. The zero-order valence-electron chi connectivity index (χ0n) is 17.2. The summed E-state index contributed by atoms with van der Waals surface area (Å²) in [6, 6.07) is 10.4. The van der Waals surface area contributed by atoms with Gasteiger partial charge in [-0.05, 0) is 43.7 Å². The normalized spacial score (nSPS) is 10.4. The lowest BCUT2D eigenvalue weighted by atomic mass is 10.1. The molecule has 0 heterocycles. The Bertz CT molecular complexity index is 1020. The molecule has 8 nitrogen and oxygen atoms in total. The number of nitrogens with one attached hydrogen (secondary N) is 3. The van der Waals surface area contributed by atoms with Crippen LogP contribution in [0.4, 0.5) is 5.69 Å². The molecule has 0 atom stereocenters. The first-order valence-corrected chi connectivity index (χ1v) is 9.69. The number of amides is 3. The van der Waals surface area contributed by atoms with Crippen molar-refractivity contribution < 1.29 is 19.1 Å². The number of hydrogen-bond donors (Lipinski definition) is 3. The van der Waals surface area contributed by atoms with Crippen molar-refractivity contribution in [2.24, 2.45) is 5.10 Å². The van der Waals surface area contributed by atoms with Gasteiger partial charge in [0.15, 0.2) is 6.61 Å². The lowest BCUT2D eigenvalue weighted by Gasteiger charge is -2.11. The van der Waals surface area contributed by atoms with Crippen LogP contribution < -0.4 is 20.8 Å². The van der Waals surface area contributed by atoms with Crippen LogP contribution in [0.25, 0.3) is 0 Å². The molecule has 0 saturated carbocycles. The molecular formula is C22H23ClN4O4. The van der Waals surface area contributed by atoms with E-state index < -0.39 is 11.8 Å². The average molecular weight is 443 g/mol. The topological polar surface area (TPSA) is 109 Å². The highest BCUT2D eigenvalue weighted by Gasteiger charge is 2.12. The number of hydrazone groups is 1. The van der Waals surface area contributed by atoms with Gasteiger partial charge in [-0.15, -0.1) is 6.58 Å². The summed E-state index contributed by atoms with van der Waals surface area (Å²) in [6.45, 7) is 7.24. The second-order valence-electron chi connectivity index (χ2n) is 6.54. The number of aryl methyl sites for hydroxylation is 2. The van der Waals surface area contributed by atoms with E-state index in [1.165, 1.54) is 12.3 Å². The molecule has 0 saturated heterocycles. The van der Waals surface area contributed by atoms with Crippen molar-refractivity contribution >= 4 is 41.2 Å². The van der Waals surface area contributed by atoms with Gasteiger partial charge in [0.2, 0.25) is 0 Å². The van der Waals surface area contributed by atoms with Gasteiger partial charge in [0, 0.05) is 22.8 Å². The van der Waals surface area contributed by atoms with Gasteiger partial charge in [0.05, 0.1) is 6.21 Å². The minimum absolute atomic E-state index is 0.159. The quantitative estimate of drug-likeness (QED) is 0.253. The van der Waals surface area contributed by atoms with E-state index in [0.29, 0.717) is 22.0 Å². The number of carbonyl (C=O) groups is 3. The third kappa shape index (κ3) is 7.60. The Morgan fingerprint density at radius 2 is 1.90 bits per heavy atom. The first kappa shape index (κ1) is 23.6. The molecule has 0 aliphatic heterocycles. The van der Waals surface area contributed by atoms with E-state index in [-0.39, 0.29) is 19.1 Å². The zero-order chi connectivity index (χ0) is 22.8. The van der Waals surface area contributed by atoms with Gasteiger partial charge in [0.1, 0.15) is 5.75 Å². The predicted molar refractivity (Wildman–Crippen MR) is 120 cm³/mol. The van der Waals surface area contributed by atoms with Crippen molar-refractivity contribution in [3.05, 3.63) is 70.8 Å². The zero-order valence-corrected chi connectivity index (χ0v) is 18.0.